The summed E-state index contributed by atoms with van der Waals surface area (Å²) < 4.78 is 5.64. The molecule has 1 aliphatic heterocycles. The molecule has 0 spiro atoms. The first-order valence-electron chi connectivity index (χ1n) is 7.36. The van der Waals surface area contributed by atoms with Crippen LogP contribution in [0.1, 0.15) is 40.0 Å². The first-order chi connectivity index (χ1) is 8.83. The van der Waals surface area contributed by atoms with E-state index in [9.17, 15) is 4.79 Å². The van der Waals surface area contributed by atoms with Crippen LogP contribution < -0.4 is 5.32 Å². The Morgan fingerprint density at radius 2 is 2.05 bits per heavy atom. The summed E-state index contributed by atoms with van der Waals surface area (Å²) in [6.07, 6.45) is 3.05. The van der Waals surface area contributed by atoms with Crippen molar-refractivity contribution in [3.63, 3.8) is 0 Å². The molecule has 2 fully saturated rings. The van der Waals surface area contributed by atoms with Gasteiger partial charge in [-0.05, 0) is 32.7 Å². The molecule has 0 aromatic heterocycles. The molecular formula is C15H28N2O2. The number of carbonyl (C=O) groups is 1. The van der Waals surface area contributed by atoms with Gasteiger partial charge in [0.2, 0.25) is 5.91 Å². The Morgan fingerprint density at radius 3 is 2.53 bits per heavy atom. The fourth-order valence-corrected chi connectivity index (χ4v) is 3.58. The summed E-state index contributed by atoms with van der Waals surface area (Å²) in [5.41, 5.74) is -0.106. The Labute approximate surface area is 116 Å². The van der Waals surface area contributed by atoms with E-state index in [1.807, 2.05) is 11.9 Å². The van der Waals surface area contributed by atoms with Crippen LogP contribution in [0.15, 0.2) is 0 Å². The third-order valence-electron chi connectivity index (χ3n) is 5.69. The van der Waals surface area contributed by atoms with Crippen molar-refractivity contribution in [2.75, 3.05) is 27.2 Å². The molecule has 0 bridgehead atoms. The molecule has 3 atom stereocenters. The fourth-order valence-electron chi connectivity index (χ4n) is 3.58. The summed E-state index contributed by atoms with van der Waals surface area (Å²) in [6.45, 7) is 8.42. The van der Waals surface area contributed by atoms with Gasteiger partial charge in [0.25, 0.3) is 0 Å². The van der Waals surface area contributed by atoms with E-state index in [2.05, 4.69) is 26.1 Å². The van der Waals surface area contributed by atoms with Crippen molar-refractivity contribution < 1.29 is 9.53 Å². The quantitative estimate of drug-likeness (QED) is 0.846. The molecule has 1 amide bonds. The lowest BCUT2D eigenvalue weighted by Crippen LogP contribution is -2.69. The first-order valence-corrected chi connectivity index (χ1v) is 7.36. The highest BCUT2D eigenvalue weighted by molar-refractivity contribution is 5.79. The van der Waals surface area contributed by atoms with Gasteiger partial charge in [-0.2, -0.15) is 0 Å². The normalized spacial score (nSPS) is 37.5. The van der Waals surface area contributed by atoms with Gasteiger partial charge in [-0.1, -0.05) is 13.8 Å². The number of nitrogens with one attached hydrogen (secondary N) is 1. The van der Waals surface area contributed by atoms with Crippen LogP contribution in [0.2, 0.25) is 0 Å². The number of rotatable bonds is 3. The maximum atomic E-state index is 12.6. The van der Waals surface area contributed by atoms with Gasteiger partial charge in [0.05, 0.1) is 11.5 Å². The van der Waals surface area contributed by atoms with Gasteiger partial charge in [-0.3, -0.25) is 4.79 Å². The molecule has 1 heterocycles. The SMILES string of the molecule is CO[C@]1(C)C[C@@H](N(C)C(=O)[C@H]2CCCNC2)C1(C)C. The molecule has 0 unspecified atom stereocenters. The van der Waals surface area contributed by atoms with Gasteiger partial charge in [0.1, 0.15) is 0 Å². The molecule has 19 heavy (non-hydrogen) atoms. The van der Waals surface area contributed by atoms with Gasteiger partial charge in [0, 0.05) is 32.2 Å². The molecule has 2 aliphatic rings. The predicted molar refractivity (Wildman–Crippen MR) is 76.0 cm³/mol. The smallest absolute Gasteiger partial charge is 0.226 e. The predicted octanol–water partition coefficient (Wildman–Crippen LogP) is 1.65. The van der Waals surface area contributed by atoms with E-state index >= 15 is 0 Å². The number of methoxy groups -OCH3 is 1. The van der Waals surface area contributed by atoms with Crippen LogP contribution in [-0.2, 0) is 9.53 Å². The van der Waals surface area contributed by atoms with Crippen molar-refractivity contribution >= 4 is 5.91 Å². The Morgan fingerprint density at radius 1 is 1.37 bits per heavy atom. The third kappa shape index (κ3) is 2.29. The van der Waals surface area contributed by atoms with Gasteiger partial charge < -0.3 is 15.0 Å². The van der Waals surface area contributed by atoms with Crippen molar-refractivity contribution in [3.8, 4) is 0 Å². The second-order valence-electron chi connectivity index (χ2n) is 6.87. The molecular weight excluding hydrogens is 240 g/mol. The highest BCUT2D eigenvalue weighted by Crippen LogP contribution is 2.53. The van der Waals surface area contributed by atoms with Crippen molar-refractivity contribution in [1.29, 1.82) is 0 Å². The van der Waals surface area contributed by atoms with E-state index in [-0.39, 0.29) is 23.0 Å². The molecule has 0 aromatic rings. The van der Waals surface area contributed by atoms with E-state index in [0.29, 0.717) is 5.91 Å². The van der Waals surface area contributed by atoms with Crippen LogP contribution in [0.4, 0.5) is 0 Å². The largest absolute Gasteiger partial charge is 0.378 e. The van der Waals surface area contributed by atoms with Crippen LogP contribution in [0.25, 0.3) is 0 Å². The minimum atomic E-state index is -0.114. The molecule has 4 nitrogen and oxygen atoms in total. The molecule has 0 radical (unpaired) electrons. The van der Waals surface area contributed by atoms with Gasteiger partial charge >= 0.3 is 0 Å². The molecule has 1 N–H and O–H groups in total. The van der Waals surface area contributed by atoms with Gasteiger partial charge in [-0.15, -0.1) is 0 Å². The molecule has 110 valence electrons. The topological polar surface area (TPSA) is 41.6 Å². The first kappa shape index (κ1) is 14.8. The van der Waals surface area contributed by atoms with E-state index < -0.39 is 0 Å². The molecule has 1 saturated heterocycles. The van der Waals surface area contributed by atoms with Crippen molar-refractivity contribution in [2.24, 2.45) is 11.3 Å². The molecule has 4 heteroatoms. The number of nitrogens with zero attached hydrogens (tertiary/aromatic N) is 1. The van der Waals surface area contributed by atoms with Crippen LogP contribution in [0, 0.1) is 11.3 Å². The Kier molecular flexibility index (Phi) is 3.94. The zero-order valence-electron chi connectivity index (χ0n) is 13.0. The van der Waals surface area contributed by atoms with Crippen molar-refractivity contribution in [3.05, 3.63) is 0 Å². The highest BCUT2D eigenvalue weighted by atomic mass is 16.5. The highest BCUT2D eigenvalue weighted by Gasteiger charge is 2.60. The number of amides is 1. The third-order valence-corrected chi connectivity index (χ3v) is 5.69. The summed E-state index contributed by atoms with van der Waals surface area (Å²) in [4.78, 5) is 14.5. The number of ether oxygens (including phenoxy) is 1. The summed E-state index contributed by atoms with van der Waals surface area (Å²) in [5.74, 6) is 0.451. The van der Waals surface area contributed by atoms with Crippen molar-refractivity contribution in [2.45, 2.75) is 51.7 Å². The van der Waals surface area contributed by atoms with E-state index in [1.54, 1.807) is 7.11 Å². The average Bonchev–Trinajstić information content (AvgIpc) is 2.43. The summed E-state index contributed by atoms with van der Waals surface area (Å²) >= 11 is 0. The van der Waals surface area contributed by atoms with Crippen LogP contribution in [0.5, 0.6) is 0 Å². The molecule has 1 saturated carbocycles. The fraction of sp³-hybridized carbons (Fsp3) is 0.933. The Hall–Kier alpha value is -0.610. The van der Waals surface area contributed by atoms with Gasteiger partial charge in [-0.25, -0.2) is 0 Å². The zero-order valence-corrected chi connectivity index (χ0v) is 13.0. The number of hydrogen-bond acceptors (Lipinski definition) is 3. The monoisotopic (exact) mass is 268 g/mol. The van der Waals surface area contributed by atoms with E-state index in [0.717, 1.165) is 32.4 Å². The lowest BCUT2D eigenvalue weighted by molar-refractivity contribution is -0.208. The molecule has 2 rings (SSSR count). The maximum absolute atomic E-state index is 12.6. The van der Waals surface area contributed by atoms with Crippen LogP contribution in [0.3, 0.4) is 0 Å². The lowest BCUT2D eigenvalue weighted by atomic mass is 9.55. The maximum Gasteiger partial charge on any atom is 0.226 e. The minimum Gasteiger partial charge on any atom is -0.378 e. The molecule has 0 aromatic carbocycles. The number of hydrogen-bond donors (Lipinski definition) is 1. The Bertz CT molecular complexity index is 350. The lowest BCUT2D eigenvalue weighted by Gasteiger charge is -2.61. The Balaban J connectivity index is 2.01. The standard InChI is InChI=1S/C15H28N2O2/c1-14(2)12(9-15(14,3)19-5)17(4)13(18)11-7-6-8-16-10-11/h11-12,16H,6-10H2,1-5H3/t11-,12+,15+/m0/s1. The van der Waals surface area contributed by atoms with E-state index in [1.165, 1.54) is 0 Å². The van der Waals surface area contributed by atoms with Crippen molar-refractivity contribution in [1.82, 2.24) is 10.2 Å². The number of piperidine rings is 1. The zero-order chi connectivity index (χ0) is 14.3. The minimum absolute atomic E-state index is 0.00819. The van der Waals surface area contributed by atoms with E-state index in [4.69, 9.17) is 4.74 Å². The van der Waals surface area contributed by atoms with Crippen LogP contribution in [-0.4, -0.2) is 49.7 Å². The van der Waals surface area contributed by atoms with Gasteiger partial charge in [0.15, 0.2) is 0 Å². The summed E-state index contributed by atoms with van der Waals surface area (Å²) in [5, 5.41) is 3.32. The average molecular weight is 268 g/mol. The second kappa shape index (κ2) is 5.06. The second-order valence-corrected chi connectivity index (χ2v) is 6.87. The summed E-state index contributed by atoms with van der Waals surface area (Å²) in [6, 6.07) is 0.284. The number of carbonyl (C=O) groups excluding carboxylic acids is 1. The summed E-state index contributed by atoms with van der Waals surface area (Å²) in [7, 11) is 3.73. The molecule has 1 aliphatic carbocycles. The van der Waals surface area contributed by atoms with Crippen LogP contribution >= 0.6 is 0 Å².